The molecule has 0 fully saturated rings. The molecule has 1 heterocycles. The van der Waals surface area contributed by atoms with Crippen molar-refractivity contribution < 1.29 is 13.6 Å². The Hall–Kier alpha value is -2.82. The molecule has 1 aromatic heterocycles. The number of carbonyl (C=O) groups excluding carboxylic acids is 1. The summed E-state index contributed by atoms with van der Waals surface area (Å²) < 4.78 is 26.0. The molecule has 0 spiro atoms. The van der Waals surface area contributed by atoms with Crippen LogP contribution in [0, 0.1) is 11.6 Å². The van der Waals surface area contributed by atoms with Gasteiger partial charge in [-0.2, -0.15) is 0 Å². The summed E-state index contributed by atoms with van der Waals surface area (Å²) in [6.07, 6.45) is 2.11. The zero-order valence-electron chi connectivity index (χ0n) is 12.2. The maximum Gasteiger partial charge on any atom is 0.224 e. The molecule has 3 rings (SSSR count). The van der Waals surface area contributed by atoms with E-state index < -0.39 is 11.6 Å². The van der Waals surface area contributed by atoms with Crippen molar-refractivity contribution >= 4 is 22.5 Å². The van der Waals surface area contributed by atoms with Crippen LogP contribution in [-0.2, 0) is 11.2 Å². The van der Waals surface area contributed by atoms with Gasteiger partial charge in [0.1, 0.15) is 0 Å². The number of fused-ring (bicyclic) bond motifs is 1. The van der Waals surface area contributed by atoms with E-state index in [-0.39, 0.29) is 12.3 Å². The van der Waals surface area contributed by atoms with Gasteiger partial charge in [-0.3, -0.25) is 9.78 Å². The van der Waals surface area contributed by atoms with Gasteiger partial charge in [-0.25, -0.2) is 8.78 Å². The number of rotatable bonds is 4. The van der Waals surface area contributed by atoms with Crippen LogP contribution in [0.1, 0.15) is 12.0 Å². The Morgan fingerprint density at radius 2 is 1.87 bits per heavy atom. The highest BCUT2D eigenvalue weighted by atomic mass is 19.2. The summed E-state index contributed by atoms with van der Waals surface area (Å²) in [6, 6.07) is 13.1. The second-order valence-electron chi connectivity index (χ2n) is 5.21. The van der Waals surface area contributed by atoms with E-state index in [9.17, 15) is 13.6 Å². The smallest absolute Gasteiger partial charge is 0.224 e. The number of pyridine rings is 1. The molecule has 2 aromatic carbocycles. The summed E-state index contributed by atoms with van der Waals surface area (Å²) in [5.74, 6) is -1.99. The number of carbonyl (C=O) groups is 1. The first-order valence-corrected chi connectivity index (χ1v) is 7.20. The van der Waals surface area contributed by atoms with Crippen molar-refractivity contribution in [2.45, 2.75) is 12.8 Å². The predicted octanol–water partition coefficient (Wildman–Crippen LogP) is 4.08. The van der Waals surface area contributed by atoms with E-state index in [4.69, 9.17) is 0 Å². The number of halogens is 2. The van der Waals surface area contributed by atoms with Crippen molar-refractivity contribution in [3.8, 4) is 0 Å². The van der Waals surface area contributed by atoms with E-state index in [2.05, 4.69) is 10.3 Å². The van der Waals surface area contributed by atoms with Gasteiger partial charge in [0.05, 0.1) is 17.4 Å². The van der Waals surface area contributed by atoms with Crippen LogP contribution in [0.5, 0.6) is 0 Å². The summed E-state index contributed by atoms with van der Waals surface area (Å²) in [6.45, 7) is 0. The molecule has 116 valence electrons. The monoisotopic (exact) mass is 312 g/mol. The van der Waals surface area contributed by atoms with Crippen molar-refractivity contribution in [1.82, 2.24) is 4.98 Å². The first kappa shape index (κ1) is 15.1. The van der Waals surface area contributed by atoms with Crippen LogP contribution in [0.15, 0.2) is 54.7 Å². The van der Waals surface area contributed by atoms with Crippen molar-refractivity contribution in [2.75, 3.05) is 5.32 Å². The maximum atomic E-state index is 13.1. The minimum atomic E-state index is -0.901. The summed E-state index contributed by atoms with van der Waals surface area (Å²) in [5, 5.41) is 3.70. The lowest BCUT2D eigenvalue weighted by molar-refractivity contribution is -0.116. The zero-order chi connectivity index (χ0) is 16.2. The number of nitrogens with one attached hydrogen (secondary N) is 1. The fourth-order valence-electron chi connectivity index (χ4n) is 2.32. The largest absolute Gasteiger partial charge is 0.325 e. The Balaban J connectivity index is 1.62. The molecular formula is C18H14F2N2O. The average Bonchev–Trinajstić information content (AvgIpc) is 2.56. The van der Waals surface area contributed by atoms with Crippen LogP contribution in [0.2, 0.25) is 0 Å². The number of para-hydroxylation sites is 1. The molecule has 0 aliphatic heterocycles. The Kier molecular flexibility index (Phi) is 4.28. The van der Waals surface area contributed by atoms with E-state index in [1.807, 2.05) is 30.3 Å². The highest BCUT2D eigenvalue weighted by Crippen LogP contribution is 2.16. The van der Waals surface area contributed by atoms with Gasteiger partial charge in [-0.05, 0) is 36.2 Å². The Morgan fingerprint density at radius 3 is 2.70 bits per heavy atom. The molecule has 0 atom stereocenters. The molecule has 0 saturated carbocycles. The minimum Gasteiger partial charge on any atom is -0.325 e. The third kappa shape index (κ3) is 3.69. The second kappa shape index (κ2) is 6.52. The van der Waals surface area contributed by atoms with Crippen molar-refractivity contribution in [3.63, 3.8) is 0 Å². The Bertz CT molecular complexity index is 865. The van der Waals surface area contributed by atoms with Crippen LogP contribution in [-0.4, -0.2) is 10.9 Å². The molecule has 0 aliphatic carbocycles. The van der Waals surface area contributed by atoms with Crippen molar-refractivity contribution in [1.29, 1.82) is 0 Å². The van der Waals surface area contributed by atoms with Crippen LogP contribution in [0.25, 0.3) is 10.9 Å². The summed E-state index contributed by atoms with van der Waals surface area (Å²) in [5.41, 5.74) is 2.04. The average molecular weight is 312 g/mol. The molecule has 3 nitrogen and oxygen atoms in total. The highest BCUT2D eigenvalue weighted by Gasteiger charge is 2.07. The molecule has 0 radical (unpaired) electrons. The lowest BCUT2D eigenvalue weighted by Gasteiger charge is -2.06. The van der Waals surface area contributed by atoms with Gasteiger partial charge < -0.3 is 5.32 Å². The molecule has 1 N–H and O–H groups in total. The van der Waals surface area contributed by atoms with E-state index in [1.54, 1.807) is 6.20 Å². The van der Waals surface area contributed by atoms with Crippen LogP contribution in [0.3, 0.4) is 0 Å². The van der Waals surface area contributed by atoms with Gasteiger partial charge in [0, 0.05) is 11.8 Å². The quantitative estimate of drug-likeness (QED) is 0.788. The lowest BCUT2D eigenvalue weighted by atomic mass is 10.1. The SMILES string of the molecule is O=C(CCc1ccc(F)c(F)c1)Nc1cnc2ccccc2c1. The number of aryl methyl sites for hydroxylation is 1. The number of hydrogen-bond acceptors (Lipinski definition) is 2. The third-order valence-corrected chi connectivity index (χ3v) is 3.50. The van der Waals surface area contributed by atoms with Crippen molar-refractivity contribution in [2.24, 2.45) is 0 Å². The van der Waals surface area contributed by atoms with Crippen molar-refractivity contribution in [3.05, 3.63) is 71.9 Å². The molecule has 1 amide bonds. The fourth-order valence-corrected chi connectivity index (χ4v) is 2.32. The van der Waals surface area contributed by atoms with E-state index >= 15 is 0 Å². The summed E-state index contributed by atoms with van der Waals surface area (Å²) >= 11 is 0. The summed E-state index contributed by atoms with van der Waals surface area (Å²) in [4.78, 5) is 16.2. The number of aromatic nitrogens is 1. The Labute approximate surface area is 132 Å². The number of hydrogen-bond donors (Lipinski definition) is 1. The fraction of sp³-hybridized carbons (Fsp3) is 0.111. The van der Waals surface area contributed by atoms with Gasteiger partial charge in [-0.15, -0.1) is 0 Å². The van der Waals surface area contributed by atoms with Gasteiger partial charge in [-0.1, -0.05) is 24.3 Å². The topological polar surface area (TPSA) is 42.0 Å². The minimum absolute atomic E-state index is 0.178. The first-order chi connectivity index (χ1) is 11.1. The highest BCUT2D eigenvalue weighted by molar-refractivity contribution is 5.93. The number of anilines is 1. The zero-order valence-corrected chi connectivity index (χ0v) is 12.2. The third-order valence-electron chi connectivity index (χ3n) is 3.50. The molecule has 3 aromatic rings. The number of nitrogens with zero attached hydrogens (tertiary/aromatic N) is 1. The second-order valence-corrected chi connectivity index (χ2v) is 5.21. The number of benzene rings is 2. The maximum absolute atomic E-state index is 13.1. The molecule has 0 aliphatic rings. The van der Waals surface area contributed by atoms with E-state index in [1.165, 1.54) is 6.07 Å². The summed E-state index contributed by atoms with van der Waals surface area (Å²) in [7, 11) is 0. The van der Waals surface area contributed by atoms with Gasteiger partial charge in [0.2, 0.25) is 5.91 Å². The molecule has 23 heavy (non-hydrogen) atoms. The van der Waals surface area contributed by atoms with Gasteiger partial charge in [0.15, 0.2) is 11.6 Å². The van der Waals surface area contributed by atoms with Crippen LogP contribution in [0.4, 0.5) is 14.5 Å². The standard InChI is InChI=1S/C18H14F2N2O/c19-15-7-5-12(9-16(15)20)6-8-18(23)22-14-10-13-3-1-2-4-17(13)21-11-14/h1-5,7,9-11H,6,8H2,(H,22,23). The first-order valence-electron chi connectivity index (χ1n) is 7.20. The van der Waals surface area contributed by atoms with Gasteiger partial charge >= 0.3 is 0 Å². The van der Waals surface area contributed by atoms with E-state index in [0.29, 0.717) is 17.7 Å². The molecule has 0 bridgehead atoms. The molecular weight excluding hydrogens is 298 g/mol. The van der Waals surface area contributed by atoms with Crippen LogP contribution < -0.4 is 5.32 Å². The Morgan fingerprint density at radius 1 is 1.04 bits per heavy atom. The van der Waals surface area contributed by atoms with Crippen LogP contribution >= 0.6 is 0 Å². The molecule has 0 saturated heterocycles. The molecule has 5 heteroatoms. The normalized spacial score (nSPS) is 10.7. The predicted molar refractivity (Wildman–Crippen MR) is 85.1 cm³/mol. The van der Waals surface area contributed by atoms with Gasteiger partial charge in [0.25, 0.3) is 0 Å². The molecule has 0 unspecified atom stereocenters. The van der Waals surface area contributed by atoms with E-state index in [0.717, 1.165) is 23.0 Å². The number of amides is 1. The lowest BCUT2D eigenvalue weighted by Crippen LogP contribution is -2.12.